The number of carbonyl (C=O) groups is 2. The Labute approximate surface area is 114 Å². The molecule has 2 aromatic carbocycles. The Kier molecular flexibility index (Phi) is 3.79. The predicted octanol–water partition coefficient (Wildman–Crippen LogP) is 2.74. The topological polar surface area (TPSA) is 74.6 Å². The average molecular weight is 274 g/mol. The maximum Gasteiger partial charge on any atom is 0.339 e. The van der Waals surface area contributed by atoms with Crippen LogP contribution in [0.3, 0.4) is 0 Å². The molecule has 0 radical (unpaired) electrons. The summed E-state index contributed by atoms with van der Waals surface area (Å²) >= 11 is 0. The molecule has 102 valence electrons. The second kappa shape index (κ2) is 5.52. The number of rotatable bonds is 4. The van der Waals surface area contributed by atoms with E-state index in [1.807, 2.05) is 0 Å². The van der Waals surface area contributed by atoms with Gasteiger partial charge in [-0.1, -0.05) is 42.5 Å². The molecule has 0 aliphatic heterocycles. The van der Waals surface area contributed by atoms with Gasteiger partial charge in [-0.15, -0.1) is 0 Å². The van der Waals surface area contributed by atoms with Crippen molar-refractivity contribution >= 4 is 11.9 Å². The highest BCUT2D eigenvalue weighted by atomic mass is 19.1. The van der Waals surface area contributed by atoms with Crippen LogP contribution in [0.25, 0.3) is 0 Å². The zero-order chi connectivity index (χ0) is 14.7. The van der Waals surface area contributed by atoms with E-state index in [0.717, 1.165) is 6.07 Å². The summed E-state index contributed by atoms with van der Waals surface area (Å²) < 4.78 is 13.7. The van der Waals surface area contributed by atoms with Crippen LogP contribution in [0.2, 0.25) is 0 Å². The summed E-state index contributed by atoms with van der Waals surface area (Å²) in [6, 6.07) is 11.7. The minimum absolute atomic E-state index is 0.0730. The standard InChI is InChI=1S/C15H11FO4/c16-11-8-4-7-10(13(11)15(19)20)12(14(17)18)9-5-2-1-3-6-9/h1-8,12H,(H,17,18)(H,19,20). The molecule has 0 saturated heterocycles. The lowest BCUT2D eigenvalue weighted by atomic mass is 9.88. The molecule has 0 aliphatic rings. The number of carboxylic acid groups (broad SMARTS) is 2. The summed E-state index contributed by atoms with van der Waals surface area (Å²) in [5.74, 6) is -4.89. The van der Waals surface area contributed by atoms with Gasteiger partial charge in [-0.2, -0.15) is 0 Å². The molecular weight excluding hydrogens is 263 g/mol. The van der Waals surface area contributed by atoms with Crippen LogP contribution >= 0.6 is 0 Å². The van der Waals surface area contributed by atoms with Gasteiger partial charge in [0.1, 0.15) is 11.7 Å². The summed E-state index contributed by atoms with van der Waals surface area (Å²) in [7, 11) is 0. The average Bonchev–Trinajstić information content (AvgIpc) is 2.39. The van der Waals surface area contributed by atoms with Crippen LogP contribution in [0.15, 0.2) is 48.5 Å². The number of hydrogen-bond acceptors (Lipinski definition) is 2. The van der Waals surface area contributed by atoms with Gasteiger partial charge in [0.2, 0.25) is 0 Å². The van der Waals surface area contributed by atoms with Gasteiger partial charge in [-0.05, 0) is 17.2 Å². The molecular formula is C15H11FO4. The van der Waals surface area contributed by atoms with Crippen LogP contribution < -0.4 is 0 Å². The second-order valence-electron chi connectivity index (χ2n) is 4.19. The molecule has 0 fully saturated rings. The maximum absolute atomic E-state index is 13.7. The molecule has 1 unspecified atom stereocenters. The highest BCUT2D eigenvalue weighted by Gasteiger charge is 2.28. The number of aromatic carboxylic acids is 1. The highest BCUT2D eigenvalue weighted by molar-refractivity contribution is 5.93. The van der Waals surface area contributed by atoms with Crippen molar-refractivity contribution in [3.05, 3.63) is 71.0 Å². The zero-order valence-electron chi connectivity index (χ0n) is 10.3. The summed E-state index contributed by atoms with van der Waals surface area (Å²) in [6.07, 6.45) is 0. The predicted molar refractivity (Wildman–Crippen MR) is 69.3 cm³/mol. The Bertz CT molecular complexity index is 652. The molecule has 0 saturated carbocycles. The number of aliphatic carboxylic acids is 1. The van der Waals surface area contributed by atoms with Crippen molar-refractivity contribution in [1.29, 1.82) is 0 Å². The molecule has 1 atom stereocenters. The molecule has 5 heteroatoms. The summed E-state index contributed by atoms with van der Waals surface area (Å²) in [4.78, 5) is 22.6. The third kappa shape index (κ3) is 2.51. The molecule has 0 heterocycles. The van der Waals surface area contributed by atoms with Gasteiger partial charge < -0.3 is 10.2 Å². The lowest BCUT2D eigenvalue weighted by Crippen LogP contribution is -2.18. The van der Waals surface area contributed by atoms with Gasteiger partial charge in [-0.25, -0.2) is 9.18 Å². The first-order chi connectivity index (χ1) is 9.52. The first-order valence-electron chi connectivity index (χ1n) is 5.82. The Balaban J connectivity index is 2.66. The van der Waals surface area contributed by atoms with E-state index < -0.39 is 29.2 Å². The van der Waals surface area contributed by atoms with Gasteiger partial charge in [0.25, 0.3) is 0 Å². The van der Waals surface area contributed by atoms with Crippen LogP contribution in [-0.4, -0.2) is 22.2 Å². The van der Waals surface area contributed by atoms with E-state index in [2.05, 4.69) is 0 Å². The normalized spacial score (nSPS) is 11.8. The zero-order valence-corrected chi connectivity index (χ0v) is 10.3. The van der Waals surface area contributed by atoms with Crippen LogP contribution in [0, 0.1) is 5.82 Å². The number of halogens is 1. The Hall–Kier alpha value is -2.69. The van der Waals surface area contributed by atoms with Crippen molar-refractivity contribution in [1.82, 2.24) is 0 Å². The molecule has 2 N–H and O–H groups in total. The summed E-state index contributed by atoms with van der Waals surface area (Å²) in [6.45, 7) is 0. The summed E-state index contributed by atoms with van der Waals surface area (Å²) in [5.41, 5.74) is -0.284. The third-order valence-electron chi connectivity index (χ3n) is 2.95. The fourth-order valence-electron chi connectivity index (χ4n) is 2.11. The van der Waals surface area contributed by atoms with Crippen molar-refractivity contribution in [2.45, 2.75) is 5.92 Å². The molecule has 4 nitrogen and oxygen atoms in total. The first kappa shape index (κ1) is 13.7. The van der Waals surface area contributed by atoms with Crippen LogP contribution in [-0.2, 0) is 4.79 Å². The molecule has 0 spiro atoms. The number of benzene rings is 2. The molecule has 0 bridgehead atoms. The molecule has 0 aliphatic carbocycles. The Morgan fingerprint density at radius 3 is 2.15 bits per heavy atom. The highest BCUT2D eigenvalue weighted by Crippen LogP contribution is 2.29. The molecule has 20 heavy (non-hydrogen) atoms. The number of carboxylic acids is 2. The Morgan fingerprint density at radius 2 is 1.60 bits per heavy atom. The smallest absolute Gasteiger partial charge is 0.339 e. The lowest BCUT2D eigenvalue weighted by molar-refractivity contribution is -0.137. The molecule has 0 amide bonds. The monoisotopic (exact) mass is 274 g/mol. The molecule has 2 aromatic rings. The van der Waals surface area contributed by atoms with Gasteiger partial charge in [0, 0.05) is 0 Å². The second-order valence-corrected chi connectivity index (χ2v) is 4.19. The van der Waals surface area contributed by atoms with Gasteiger partial charge >= 0.3 is 11.9 Å². The largest absolute Gasteiger partial charge is 0.481 e. The van der Waals surface area contributed by atoms with Crippen molar-refractivity contribution in [3.63, 3.8) is 0 Å². The van der Waals surface area contributed by atoms with Crippen molar-refractivity contribution in [3.8, 4) is 0 Å². The molecule has 0 aromatic heterocycles. The maximum atomic E-state index is 13.7. The van der Waals surface area contributed by atoms with Gasteiger partial charge in [0.05, 0.1) is 5.56 Å². The van der Waals surface area contributed by atoms with E-state index >= 15 is 0 Å². The number of hydrogen-bond donors (Lipinski definition) is 2. The van der Waals surface area contributed by atoms with Crippen LogP contribution in [0.1, 0.15) is 27.4 Å². The summed E-state index contributed by atoms with van der Waals surface area (Å²) in [5, 5.41) is 18.5. The van der Waals surface area contributed by atoms with E-state index in [1.165, 1.54) is 12.1 Å². The fraction of sp³-hybridized carbons (Fsp3) is 0.0667. The van der Waals surface area contributed by atoms with E-state index in [9.17, 15) is 19.1 Å². The minimum atomic E-state index is -1.49. The van der Waals surface area contributed by atoms with Gasteiger partial charge in [0.15, 0.2) is 0 Å². The van der Waals surface area contributed by atoms with Gasteiger partial charge in [-0.3, -0.25) is 4.79 Å². The van der Waals surface area contributed by atoms with Crippen molar-refractivity contribution < 1.29 is 24.2 Å². The third-order valence-corrected chi connectivity index (χ3v) is 2.95. The fourth-order valence-corrected chi connectivity index (χ4v) is 2.11. The lowest BCUT2D eigenvalue weighted by Gasteiger charge is -2.16. The van der Waals surface area contributed by atoms with Crippen LogP contribution in [0.4, 0.5) is 4.39 Å². The van der Waals surface area contributed by atoms with E-state index in [1.54, 1.807) is 30.3 Å². The van der Waals surface area contributed by atoms with E-state index in [0.29, 0.717) is 5.56 Å². The quantitative estimate of drug-likeness (QED) is 0.899. The Morgan fingerprint density at radius 1 is 0.950 bits per heavy atom. The SMILES string of the molecule is O=C(O)c1c(F)cccc1C(C(=O)O)c1ccccc1. The first-order valence-corrected chi connectivity index (χ1v) is 5.82. The van der Waals surface area contributed by atoms with E-state index in [4.69, 9.17) is 5.11 Å². The van der Waals surface area contributed by atoms with Crippen LogP contribution in [0.5, 0.6) is 0 Å². The molecule has 2 rings (SSSR count). The van der Waals surface area contributed by atoms with Crippen molar-refractivity contribution in [2.24, 2.45) is 0 Å². The van der Waals surface area contributed by atoms with Crippen molar-refractivity contribution in [2.75, 3.05) is 0 Å². The van der Waals surface area contributed by atoms with E-state index in [-0.39, 0.29) is 5.56 Å². The minimum Gasteiger partial charge on any atom is -0.481 e.